The van der Waals surface area contributed by atoms with Crippen molar-refractivity contribution in [2.75, 3.05) is 5.73 Å². The van der Waals surface area contributed by atoms with E-state index in [9.17, 15) is 0 Å². The van der Waals surface area contributed by atoms with Crippen molar-refractivity contribution in [1.29, 1.82) is 0 Å². The maximum Gasteiger partial charge on any atom is 0.106 e. The fourth-order valence-corrected chi connectivity index (χ4v) is 1.55. The van der Waals surface area contributed by atoms with E-state index < -0.39 is 0 Å². The van der Waals surface area contributed by atoms with Gasteiger partial charge in [-0.15, -0.1) is 0 Å². The number of carbonyl (C=O) groups is 1. The molecular weight excluding hydrogens is 274 g/mol. The predicted molar refractivity (Wildman–Crippen MR) is 53.4 cm³/mol. The molecule has 4 heteroatoms. The van der Waals surface area contributed by atoms with Gasteiger partial charge in [-0.3, -0.25) is 0 Å². The standard InChI is InChI=1S/C6H5Br2N.CH2O/c7-4-1-2-6(9)5(8)3-4;1-2/h1-3H,9H2;1H2. The molecule has 2 nitrogen and oxygen atoms in total. The van der Waals surface area contributed by atoms with Crippen LogP contribution in [-0.2, 0) is 4.79 Å². The second-order valence-electron chi connectivity index (χ2n) is 1.67. The van der Waals surface area contributed by atoms with Crippen LogP contribution in [0, 0.1) is 0 Å². The molecule has 0 saturated carbocycles. The SMILES string of the molecule is C=O.Nc1ccc(Br)cc1Br. The molecule has 1 rings (SSSR count). The number of halogens is 2. The molecule has 0 heterocycles. The maximum atomic E-state index is 8.00. The van der Waals surface area contributed by atoms with Crippen LogP contribution >= 0.6 is 31.9 Å². The van der Waals surface area contributed by atoms with Gasteiger partial charge in [-0.2, -0.15) is 0 Å². The number of nitrogens with two attached hydrogens (primary N) is 1. The zero-order chi connectivity index (χ0) is 8.85. The van der Waals surface area contributed by atoms with Gasteiger partial charge >= 0.3 is 0 Å². The first kappa shape index (κ1) is 10.7. The number of hydrogen-bond acceptors (Lipinski definition) is 2. The normalized spacial score (nSPS) is 8.18. The summed E-state index contributed by atoms with van der Waals surface area (Å²) in [5.41, 5.74) is 6.28. The van der Waals surface area contributed by atoms with Crippen LogP contribution in [0.4, 0.5) is 5.69 Å². The summed E-state index contributed by atoms with van der Waals surface area (Å²) >= 11 is 6.60. The monoisotopic (exact) mass is 279 g/mol. The molecule has 2 N–H and O–H groups in total. The van der Waals surface area contributed by atoms with Gasteiger partial charge in [-0.1, -0.05) is 15.9 Å². The minimum absolute atomic E-state index is 0.762. The number of rotatable bonds is 0. The molecule has 0 bridgehead atoms. The van der Waals surface area contributed by atoms with Crippen LogP contribution in [0.2, 0.25) is 0 Å². The number of benzene rings is 1. The predicted octanol–water partition coefficient (Wildman–Crippen LogP) is 2.61. The summed E-state index contributed by atoms with van der Waals surface area (Å²) in [6.07, 6.45) is 0. The second kappa shape index (κ2) is 5.32. The molecule has 0 saturated heterocycles. The molecular formula is C7H7Br2NO. The maximum absolute atomic E-state index is 8.00. The Morgan fingerprint density at radius 3 is 2.18 bits per heavy atom. The van der Waals surface area contributed by atoms with E-state index in [1.54, 1.807) is 0 Å². The van der Waals surface area contributed by atoms with Crippen molar-refractivity contribution in [3.8, 4) is 0 Å². The lowest BCUT2D eigenvalue weighted by molar-refractivity contribution is -0.0979. The Morgan fingerprint density at radius 2 is 1.82 bits per heavy atom. The first-order valence-electron chi connectivity index (χ1n) is 2.69. The van der Waals surface area contributed by atoms with E-state index in [2.05, 4.69) is 31.9 Å². The summed E-state index contributed by atoms with van der Waals surface area (Å²) in [7, 11) is 0. The van der Waals surface area contributed by atoms with Crippen molar-refractivity contribution in [1.82, 2.24) is 0 Å². The van der Waals surface area contributed by atoms with Crippen molar-refractivity contribution in [2.24, 2.45) is 0 Å². The third-order valence-corrected chi connectivity index (χ3v) is 2.14. The summed E-state index contributed by atoms with van der Waals surface area (Å²) in [6, 6.07) is 5.66. The first-order valence-corrected chi connectivity index (χ1v) is 4.28. The summed E-state index contributed by atoms with van der Waals surface area (Å²) in [4.78, 5) is 8.00. The number of nitrogen functional groups attached to an aromatic ring is 1. The van der Waals surface area contributed by atoms with Gasteiger partial charge in [0.05, 0.1) is 0 Å². The zero-order valence-corrected chi connectivity index (χ0v) is 8.85. The quantitative estimate of drug-likeness (QED) is 0.743. The molecule has 0 spiro atoms. The van der Waals surface area contributed by atoms with Crippen molar-refractivity contribution >= 4 is 44.3 Å². The van der Waals surface area contributed by atoms with E-state index in [0.29, 0.717) is 0 Å². The molecule has 0 aliphatic rings. The Morgan fingerprint density at radius 1 is 1.27 bits per heavy atom. The Labute approximate surface area is 82.0 Å². The fourth-order valence-electron chi connectivity index (χ4n) is 0.502. The van der Waals surface area contributed by atoms with Crippen molar-refractivity contribution < 1.29 is 4.79 Å². The van der Waals surface area contributed by atoms with Crippen LogP contribution in [0.3, 0.4) is 0 Å². The number of hydrogen-bond donors (Lipinski definition) is 1. The fraction of sp³-hybridized carbons (Fsp3) is 0. The Hall–Kier alpha value is -0.350. The third kappa shape index (κ3) is 3.53. The van der Waals surface area contributed by atoms with Gasteiger partial charge in [0.25, 0.3) is 0 Å². The molecule has 0 unspecified atom stereocenters. The summed E-state index contributed by atoms with van der Waals surface area (Å²) in [5, 5.41) is 0. The topological polar surface area (TPSA) is 43.1 Å². The molecule has 1 aromatic rings. The lowest BCUT2D eigenvalue weighted by Gasteiger charge is -1.95. The molecule has 0 radical (unpaired) electrons. The minimum Gasteiger partial charge on any atom is -0.398 e. The highest BCUT2D eigenvalue weighted by atomic mass is 79.9. The van der Waals surface area contributed by atoms with Gasteiger partial charge in [0.15, 0.2) is 0 Å². The third-order valence-electron chi connectivity index (χ3n) is 0.962. The van der Waals surface area contributed by atoms with E-state index in [0.717, 1.165) is 14.6 Å². The highest BCUT2D eigenvalue weighted by Crippen LogP contribution is 2.22. The van der Waals surface area contributed by atoms with Crippen molar-refractivity contribution in [2.45, 2.75) is 0 Å². The molecule has 60 valence electrons. The van der Waals surface area contributed by atoms with Crippen LogP contribution in [0.15, 0.2) is 27.1 Å². The minimum atomic E-state index is 0.762. The van der Waals surface area contributed by atoms with Crippen molar-refractivity contribution in [3.63, 3.8) is 0 Å². The van der Waals surface area contributed by atoms with E-state index in [4.69, 9.17) is 10.5 Å². The number of carbonyl (C=O) groups excluding carboxylic acids is 1. The lowest BCUT2D eigenvalue weighted by Crippen LogP contribution is -1.84. The average molecular weight is 281 g/mol. The van der Waals surface area contributed by atoms with Gasteiger partial charge < -0.3 is 10.5 Å². The van der Waals surface area contributed by atoms with Gasteiger partial charge in [0.2, 0.25) is 0 Å². The molecule has 0 aromatic heterocycles. The van der Waals surface area contributed by atoms with Crippen molar-refractivity contribution in [3.05, 3.63) is 27.1 Å². The highest BCUT2D eigenvalue weighted by molar-refractivity contribution is 9.11. The van der Waals surface area contributed by atoms with Crippen LogP contribution in [0.5, 0.6) is 0 Å². The molecule has 0 fully saturated rings. The van der Waals surface area contributed by atoms with Crippen LogP contribution < -0.4 is 5.73 Å². The lowest BCUT2D eigenvalue weighted by atomic mass is 10.3. The van der Waals surface area contributed by atoms with E-state index in [1.165, 1.54) is 0 Å². The molecule has 0 aliphatic carbocycles. The van der Waals surface area contributed by atoms with E-state index in [1.807, 2.05) is 25.0 Å². The number of anilines is 1. The Kier molecular flexibility index (Phi) is 5.15. The van der Waals surface area contributed by atoms with E-state index in [-0.39, 0.29) is 0 Å². The first-order chi connectivity index (χ1) is 5.20. The average Bonchev–Trinajstić information content (AvgIpc) is 2.02. The summed E-state index contributed by atoms with van der Waals surface area (Å²) in [5.74, 6) is 0. The summed E-state index contributed by atoms with van der Waals surface area (Å²) < 4.78 is 1.96. The largest absolute Gasteiger partial charge is 0.398 e. The van der Waals surface area contributed by atoms with Gasteiger partial charge in [0.1, 0.15) is 6.79 Å². The van der Waals surface area contributed by atoms with E-state index >= 15 is 0 Å². The summed E-state index contributed by atoms with van der Waals surface area (Å²) in [6.45, 7) is 2.00. The van der Waals surface area contributed by atoms with Crippen LogP contribution in [0.25, 0.3) is 0 Å². The van der Waals surface area contributed by atoms with Crippen LogP contribution in [0.1, 0.15) is 0 Å². The van der Waals surface area contributed by atoms with Gasteiger partial charge in [-0.05, 0) is 34.1 Å². The van der Waals surface area contributed by atoms with Gasteiger partial charge in [0, 0.05) is 14.6 Å². The second-order valence-corrected chi connectivity index (χ2v) is 3.44. The van der Waals surface area contributed by atoms with Crippen LogP contribution in [-0.4, -0.2) is 6.79 Å². The zero-order valence-electron chi connectivity index (χ0n) is 5.68. The molecule has 0 atom stereocenters. The molecule has 0 aliphatic heterocycles. The Bertz CT molecular complexity index is 240. The van der Waals surface area contributed by atoms with Gasteiger partial charge in [-0.25, -0.2) is 0 Å². The Balaban J connectivity index is 0.000000461. The smallest absolute Gasteiger partial charge is 0.106 e. The molecule has 1 aromatic carbocycles. The molecule has 0 amide bonds. The highest BCUT2D eigenvalue weighted by Gasteiger charge is 1.92. The molecule has 11 heavy (non-hydrogen) atoms.